The molecule has 0 spiro atoms. The van der Waals surface area contributed by atoms with Crippen molar-refractivity contribution < 1.29 is 19.4 Å². The summed E-state index contributed by atoms with van der Waals surface area (Å²) in [4.78, 5) is 23.4. The summed E-state index contributed by atoms with van der Waals surface area (Å²) in [5, 5.41) is 9.09. The Hall–Kier alpha value is -1.75. The Morgan fingerprint density at radius 3 is 2.75 bits per heavy atom. The summed E-state index contributed by atoms with van der Waals surface area (Å²) in [7, 11) is 0. The van der Waals surface area contributed by atoms with Gasteiger partial charge in [0.25, 0.3) is 0 Å². The number of hydrogen-bond donors (Lipinski definition) is 1. The summed E-state index contributed by atoms with van der Waals surface area (Å²) in [6.07, 6.45) is -0.558. The van der Waals surface area contributed by atoms with Crippen LogP contribution in [0.15, 0.2) is 18.2 Å². The zero-order valence-electron chi connectivity index (χ0n) is 11.4. The smallest absolute Gasteiger partial charge is 0.414 e. The van der Waals surface area contributed by atoms with Gasteiger partial charge in [0.2, 0.25) is 5.91 Å². The van der Waals surface area contributed by atoms with E-state index in [4.69, 9.17) is 21.4 Å². The Labute approximate surface area is 122 Å². The highest BCUT2D eigenvalue weighted by Gasteiger charge is 2.32. The van der Waals surface area contributed by atoms with Crippen molar-refractivity contribution >= 4 is 23.6 Å². The van der Waals surface area contributed by atoms with Crippen LogP contribution in [0.3, 0.4) is 0 Å². The number of benzene rings is 1. The zero-order valence-corrected chi connectivity index (χ0v) is 12.1. The van der Waals surface area contributed by atoms with E-state index in [0.717, 1.165) is 12.0 Å². The third-order valence-corrected chi connectivity index (χ3v) is 3.38. The van der Waals surface area contributed by atoms with Crippen molar-refractivity contribution in [1.82, 2.24) is 4.90 Å². The molecule has 0 radical (unpaired) electrons. The minimum atomic E-state index is -1.31. The second-order valence-electron chi connectivity index (χ2n) is 5.34. The minimum Gasteiger partial charge on any atom is -0.487 e. The van der Waals surface area contributed by atoms with Gasteiger partial charge in [0.15, 0.2) is 0 Å². The summed E-state index contributed by atoms with van der Waals surface area (Å²) >= 11 is 5.43. The van der Waals surface area contributed by atoms with Gasteiger partial charge in [-0.3, -0.25) is 4.79 Å². The number of fused-ring (bicyclic) bond motifs is 1. The van der Waals surface area contributed by atoms with Crippen molar-refractivity contribution in [2.45, 2.75) is 32.4 Å². The molecule has 6 heteroatoms. The van der Waals surface area contributed by atoms with E-state index in [0.29, 0.717) is 16.2 Å². The molecule has 0 saturated carbocycles. The van der Waals surface area contributed by atoms with E-state index in [1.54, 1.807) is 6.07 Å². The van der Waals surface area contributed by atoms with E-state index in [1.165, 1.54) is 0 Å². The molecule has 2 rings (SSSR count). The highest BCUT2D eigenvalue weighted by Crippen LogP contribution is 2.38. The average Bonchev–Trinajstić information content (AvgIpc) is 2.69. The van der Waals surface area contributed by atoms with E-state index in [1.807, 2.05) is 26.0 Å². The number of alkyl halides is 1. The Morgan fingerprint density at radius 2 is 2.15 bits per heavy atom. The fourth-order valence-electron chi connectivity index (χ4n) is 2.31. The summed E-state index contributed by atoms with van der Waals surface area (Å²) in [6.45, 7) is 3.88. The number of halogens is 1. The van der Waals surface area contributed by atoms with Gasteiger partial charge in [0, 0.05) is 12.0 Å². The van der Waals surface area contributed by atoms with Gasteiger partial charge in [-0.1, -0.05) is 18.2 Å². The van der Waals surface area contributed by atoms with Crippen molar-refractivity contribution in [3.05, 3.63) is 29.3 Å². The number of amides is 2. The van der Waals surface area contributed by atoms with Gasteiger partial charge in [-0.05, 0) is 19.4 Å². The second-order valence-corrected chi connectivity index (χ2v) is 5.61. The maximum absolute atomic E-state index is 11.6. The van der Waals surface area contributed by atoms with Crippen molar-refractivity contribution in [2.75, 3.05) is 5.88 Å². The third-order valence-electron chi connectivity index (χ3n) is 3.15. The molecule has 0 saturated heterocycles. The van der Waals surface area contributed by atoms with Crippen molar-refractivity contribution in [2.24, 2.45) is 0 Å². The summed E-state index contributed by atoms with van der Waals surface area (Å²) in [6, 6.07) is 5.55. The number of nitrogens with zero attached hydrogens (tertiary/aromatic N) is 1. The van der Waals surface area contributed by atoms with E-state index in [2.05, 4.69) is 0 Å². The lowest BCUT2D eigenvalue weighted by atomic mass is 10.0. The number of carbonyl (C=O) groups excluding carboxylic acids is 1. The van der Waals surface area contributed by atoms with Crippen LogP contribution in [0.4, 0.5) is 4.79 Å². The Kier molecular flexibility index (Phi) is 3.90. The van der Waals surface area contributed by atoms with Crippen LogP contribution < -0.4 is 4.74 Å². The molecule has 1 heterocycles. The fourth-order valence-corrected chi connectivity index (χ4v) is 2.45. The summed E-state index contributed by atoms with van der Waals surface area (Å²) in [5.74, 6) is -0.339. The largest absolute Gasteiger partial charge is 0.487 e. The van der Waals surface area contributed by atoms with E-state index in [-0.39, 0.29) is 18.0 Å². The first-order chi connectivity index (χ1) is 9.34. The van der Waals surface area contributed by atoms with E-state index < -0.39 is 12.0 Å². The highest BCUT2D eigenvalue weighted by atomic mass is 35.5. The number of carbonyl (C=O) groups is 2. The molecule has 0 aromatic heterocycles. The molecule has 0 unspecified atom stereocenters. The van der Waals surface area contributed by atoms with Crippen molar-refractivity contribution in [1.29, 1.82) is 0 Å². The average molecular weight is 298 g/mol. The number of rotatable bonds is 3. The molecule has 2 amide bonds. The first-order valence-corrected chi connectivity index (χ1v) is 6.76. The Bertz CT molecular complexity index is 556. The Balaban J connectivity index is 2.29. The Morgan fingerprint density at radius 1 is 1.45 bits per heavy atom. The molecule has 108 valence electrons. The van der Waals surface area contributed by atoms with Crippen LogP contribution in [0, 0.1) is 0 Å². The number of imide groups is 1. The van der Waals surface area contributed by atoms with Gasteiger partial charge in [-0.15, -0.1) is 11.6 Å². The molecule has 5 nitrogen and oxygen atoms in total. The quantitative estimate of drug-likeness (QED) is 0.871. The molecule has 1 aliphatic heterocycles. The van der Waals surface area contributed by atoms with Crippen LogP contribution in [0.2, 0.25) is 0 Å². The highest BCUT2D eigenvalue weighted by molar-refractivity contribution is 6.28. The molecule has 0 fully saturated rings. The number of para-hydroxylation sites is 1. The monoisotopic (exact) mass is 297 g/mol. The van der Waals surface area contributed by atoms with Crippen LogP contribution >= 0.6 is 11.6 Å². The van der Waals surface area contributed by atoms with Crippen molar-refractivity contribution in [3.8, 4) is 5.75 Å². The van der Waals surface area contributed by atoms with Gasteiger partial charge in [0.05, 0.1) is 6.54 Å². The molecular weight excluding hydrogens is 282 g/mol. The molecular formula is C14H16ClNO4. The first-order valence-electron chi connectivity index (χ1n) is 6.23. The predicted octanol–water partition coefficient (Wildman–Crippen LogP) is 2.65. The van der Waals surface area contributed by atoms with Gasteiger partial charge in [-0.25, -0.2) is 9.69 Å². The third kappa shape index (κ3) is 2.88. The summed E-state index contributed by atoms with van der Waals surface area (Å²) in [5.41, 5.74) is 1.38. The lowest BCUT2D eigenvalue weighted by Crippen LogP contribution is -2.36. The van der Waals surface area contributed by atoms with Crippen LogP contribution in [-0.2, 0) is 17.8 Å². The number of carboxylic acid groups (broad SMARTS) is 1. The van der Waals surface area contributed by atoms with Crippen LogP contribution in [-0.4, -0.2) is 33.5 Å². The van der Waals surface area contributed by atoms with Crippen LogP contribution in [0.5, 0.6) is 5.75 Å². The van der Waals surface area contributed by atoms with E-state index in [9.17, 15) is 9.59 Å². The molecule has 0 aliphatic carbocycles. The molecule has 1 aromatic carbocycles. The standard InChI is InChI=1S/C14H16ClNO4/c1-14(2)6-9-4-3-5-10(12(9)20-14)8-16(13(18)19)11(17)7-15/h3-5H,6-8H2,1-2H3,(H,18,19). The number of ether oxygens (including phenoxy) is 1. The minimum absolute atomic E-state index is 0.0554. The van der Waals surface area contributed by atoms with Crippen LogP contribution in [0.25, 0.3) is 0 Å². The summed E-state index contributed by atoms with van der Waals surface area (Å²) < 4.78 is 5.86. The lowest BCUT2D eigenvalue weighted by molar-refractivity contribution is -0.126. The SMILES string of the molecule is CC1(C)Cc2cccc(CN(C(=O)O)C(=O)CCl)c2O1. The number of hydrogen-bond acceptors (Lipinski definition) is 3. The van der Waals surface area contributed by atoms with Crippen molar-refractivity contribution in [3.63, 3.8) is 0 Å². The normalized spacial score (nSPS) is 15.3. The second kappa shape index (κ2) is 5.32. The molecule has 0 atom stereocenters. The molecule has 20 heavy (non-hydrogen) atoms. The van der Waals surface area contributed by atoms with Crippen LogP contribution in [0.1, 0.15) is 25.0 Å². The molecule has 1 N–H and O–H groups in total. The maximum Gasteiger partial charge on any atom is 0.414 e. The van der Waals surface area contributed by atoms with Gasteiger partial charge in [0.1, 0.15) is 17.2 Å². The van der Waals surface area contributed by atoms with Gasteiger partial charge in [-0.2, -0.15) is 0 Å². The fraction of sp³-hybridized carbons (Fsp3) is 0.429. The maximum atomic E-state index is 11.6. The van der Waals surface area contributed by atoms with Gasteiger partial charge >= 0.3 is 6.09 Å². The topological polar surface area (TPSA) is 66.8 Å². The zero-order chi connectivity index (χ0) is 14.9. The molecule has 1 aromatic rings. The van der Waals surface area contributed by atoms with Gasteiger partial charge < -0.3 is 9.84 Å². The molecule has 1 aliphatic rings. The first kappa shape index (κ1) is 14.7. The predicted molar refractivity (Wildman–Crippen MR) is 74.1 cm³/mol. The lowest BCUT2D eigenvalue weighted by Gasteiger charge is -2.20. The molecule has 0 bridgehead atoms. The van der Waals surface area contributed by atoms with E-state index >= 15 is 0 Å².